The fraction of sp³-hybridized carbons (Fsp3) is 0.462. The van der Waals surface area contributed by atoms with Crippen LogP contribution in [-0.2, 0) is 4.79 Å². The predicted octanol–water partition coefficient (Wildman–Crippen LogP) is 2.80. The highest BCUT2D eigenvalue weighted by Gasteiger charge is 2.29. The second kappa shape index (κ2) is 3.51. The highest BCUT2D eigenvalue weighted by atomic mass is 16.5. The van der Waals surface area contributed by atoms with Crippen LogP contribution in [0.15, 0.2) is 12.1 Å². The molecule has 3 heteroatoms. The molecule has 0 aromatic heterocycles. The molecular formula is C13H17NO2. The molecule has 0 aliphatic carbocycles. The zero-order valence-corrected chi connectivity index (χ0v) is 10.2. The van der Waals surface area contributed by atoms with Gasteiger partial charge in [0.05, 0.1) is 12.1 Å². The summed E-state index contributed by atoms with van der Waals surface area (Å²) in [4.78, 5) is 11.7. The molecule has 0 radical (unpaired) electrons. The van der Waals surface area contributed by atoms with E-state index in [1.165, 1.54) is 0 Å². The number of anilines is 1. The minimum atomic E-state index is -0.449. The lowest BCUT2D eigenvalue weighted by Crippen LogP contribution is -2.31. The third-order valence-electron chi connectivity index (χ3n) is 2.66. The number of hydrogen-bond acceptors (Lipinski definition) is 2. The van der Waals surface area contributed by atoms with Gasteiger partial charge in [0.15, 0.2) is 0 Å². The molecule has 2 rings (SSSR count). The van der Waals surface area contributed by atoms with Crippen LogP contribution < -0.4 is 10.1 Å². The maximum absolute atomic E-state index is 11.7. The molecule has 0 saturated heterocycles. The second-order valence-electron chi connectivity index (χ2n) is 5.05. The third-order valence-corrected chi connectivity index (χ3v) is 2.66. The summed E-state index contributed by atoms with van der Waals surface area (Å²) in [6.07, 6.45) is 0.375. The molecule has 16 heavy (non-hydrogen) atoms. The van der Waals surface area contributed by atoms with E-state index in [4.69, 9.17) is 4.74 Å². The molecular weight excluding hydrogens is 202 g/mol. The molecule has 1 aliphatic rings. The topological polar surface area (TPSA) is 38.3 Å². The van der Waals surface area contributed by atoms with Gasteiger partial charge in [-0.05, 0) is 44.9 Å². The normalized spacial score (nSPS) is 18.1. The number of benzene rings is 1. The highest BCUT2D eigenvalue weighted by molar-refractivity contribution is 5.94. The van der Waals surface area contributed by atoms with Crippen molar-refractivity contribution in [2.24, 2.45) is 0 Å². The molecule has 1 amide bonds. The monoisotopic (exact) mass is 219 g/mol. The van der Waals surface area contributed by atoms with Crippen LogP contribution >= 0.6 is 0 Å². The summed E-state index contributed by atoms with van der Waals surface area (Å²) in [5.41, 5.74) is 2.52. The van der Waals surface area contributed by atoms with Gasteiger partial charge in [-0.3, -0.25) is 4.79 Å². The van der Waals surface area contributed by atoms with E-state index in [-0.39, 0.29) is 5.91 Å². The Hall–Kier alpha value is -1.51. The summed E-state index contributed by atoms with van der Waals surface area (Å²) in [5, 5.41) is 2.90. The number of carbonyl (C=O) groups excluding carboxylic acids is 1. The first-order valence-electron chi connectivity index (χ1n) is 5.47. The molecule has 0 bridgehead atoms. The van der Waals surface area contributed by atoms with Crippen LogP contribution in [0.4, 0.5) is 5.69 Å². The van der Waals surface area contributed by atoms with Crippen molar-refractivity contribution in [2.45, 2.75) is 39.7 Å². The number of nitrogens with one attached hydrogen (secondary N) is 1. The Morgan fingerprint density at radius 1 is 1.31 bits per heavy atom. The van der Waals surface area contributed by atoms with Crippen LogP contribution in [0.25, 0.3) is 0 Å². The van der Waals surface area contributed by atoms with E-state index in [2.05, 4.69) is 11.4 Å². The van der Waals surface area contributed by atoms with Crippen LogP contribution in [0.2, 0.25) is 0 Å². The van der Waals surface area contributed by atoms with Crippen molar-refractivity contribution >= 4 is 11.6 Å². The molecule has 0 unspecified atom stereocenters. The van der Waals surface area contributed by atoms with Gasteiger partial charge in [-0.15, -0.1) is 0 Å². The lowest BCUT2D eigenvalue weighted by atomic mass is 10.1. The standard InChI is InChI=1S/C13H17NO2/c1-8-5-9(2)12-10(6-8)14-11(15)7-13(3,4)16-12/h5-6H,7H2,1-4H3,(H,14,15). The van der Waals surface area contributed by atoms with Crippen molar-refractivity contribution in [2.75, 3.05) is 5.32 Å². The molecule has 0 atom stereocenters. The molecule has 0 spiro atoms. The van der Waals surface area contributed by atoms with Gasteiger partial charge >= 0.3 is 0 Å². The number of rotatable bonds is 0. The Bertz CT molecular complexity index is 449. The van der Waals surface area contributed by atoms with E-state index in [0.717, 1.165) is 22.6 Å². The SMILES string of the molecule is Cc1cc(C)c2c(c1)NC(=O)CC(C)(C)O2. The van der Waals surface area contributed by atoms with Crippen LogP contribution in [0, 0.1) is 13.8 Å². The number of fused-ring (bicyclic) bond motifs is 1. The van der Waals surface area contributed by atoms with E-state index >= 15 is 0 Å². The maximum atomic E-state index is 11.7. The number of carbonyl (C=O) groups is 1. The summed E-state index contributed by atoms with van der Waals surface area (Å²) in [5.74, 6) is 0.801. The van der Waals surface area contributed by atoms with Crippen molar-refractivity contribution in [3.05, 3.63) is 23.3 Å². The largest absolute Gasteiger partial charge is 0.485 e. The summed E-state index contributed by atoms with van der Waals surface area (Å²) in [6, 6.07) is 4.01. The minimum absolute atomic E-state index is 0.00810. The summed E-state index contributed by atoms with van der Waals surface area (Å²) in [7, 11) is 0. The van der Waals surface area contributed by atoms with Crippen molar-refractivity contribution < 1.29 is 9.53 Å². The van der Waals surface area contributed by atoms with Gasteiger partial charge in [0.1, 0.15) is 11.4 Å². The molecule has 1 N–H and O–H groups in total. The predicted molar refractivity (Wildman–Crippen MR) is 63.9 cm³/mol. The van der Waals surface area contributed by atoms with Crippen LogP contribution in [-0.4, -0.2) is 11.5 Å². The zero-order chi connectivity index (χ0) is 11.9. The van der Waals surface area contributed by atoms with E-state index < -0.39 is 5.60 Å². The van der Waals surface area contributed by atoms with Crippen molar-refractivity contribution in [1.29, 1.82) is 0 Å². The number of hydrogen-bond donors (Lipinski definition) is 1. The molecule has 1 heterocycles. The number of aryl methyl sites for hydroxylation is 2. The van der Waals surface area contributed by atoms with E-state index in [9.17, 15) is 4.79 Å². The lowest BCUT2D eigenvalue weighted by molar-refractivity contribution is -0.118. The van der Waals surface area contributed by atoms with Gasteiger partial charge in [-0.2, -0.15) is 0 Å². The Kier molecular flexibility index (Phi) is 2.41. The van der Waals surface area contributed by atoms with Gasteiger partial charge in [0.25, 0.3) is 0 Å². The third kappa shape index (κ3) is 2.03. The Morgan fingerprint density at radius 2 is 2.00 bits per heavy atom. The van der Waals surface area contributed by atoms with E-state index in [1.54, 1.807) is 0 Å². The first-order valence-corrected chi connectivity index (χ1v) is 5.47. The Labute approximate surface area is 95.8 Å². The van der Waals surface area contributed by atoms with Gasteiger partial charge in [0, 0.05) is 0 Å². The van der Waals surface area contributed by atoms with Gasteiger partial charge in [0.2, 0.25) is 5.91 Å². The zero-order valence-electron chi connectivity index (χ0n) is 10.2. The van der Waals surface area contributed by atoms with Gasteiger partial charge < -0.3 is 10.1 Å². The fourth-order valence-corrected chi connectivity index (χ4v) is 2.08. The van der Waals surface area contributed by atoms with Crippen molar-refractivity contribution in [3.8, 4) is 5.75 Å². The molecule has 1 aromatic carbocycles. The Balaban J connectivity index is 2.54. The summed E-state index contributed by atoms with van der Waals surface area (Å²) >= 11 is 0. The lowest BCUT2D eigenvalue weighted by Gasteiger charge is -2.24. The molecule has 0 fully saturated rings. The smallest absolute Gasteiger partial charge is 0.228 e. The molecule has 3 nitrogen and oxygen atoms in total. The molecule has 1 aliphatic heterocycles. The van der Waals surface area contributed by atoms with E-state index in [0.29, 0.717) is 6.42 Å². The first kappa shape index (κ1) is 11.0. The molecule has 0 saturated carbocycles. The van der Waals surface area contributed by atoms with Gasteiger partial charge in [-0.1, -0.05) is 6.07 Å². The first-order chi connectivity index (χ1) is 7.37. The van der Waals surface area contributed by atoms with Crippen LogP contribution in [0.5, 0.6) is 5.75 Å². The van der Waals surface area contributed by atoms with Crippen molar-refractivity contribution in [3.63, 3.8) is 0 Å². The second-order valence-corrected chi connectivity index (χ2v) is 5.05. The summed E-state index contributed by atoms with van der Waals surface area (Å²) in [6.45, 7) is 7.87. The number of amides is 1. The average Bonchev–Trinajstić information content (AvgIpc) is 2.19. The van der Waals surface area contributed by atoms with E-state index in [1.807, 2.05) is 33.8 Å². The van der Waals surface area contributed by atoms with Gasteiger partial charge in [-0.25, -0.2) is 0 Å². The minimum Gasteiger partial charge on any atom is -0.485 e. The number of ether oxygens (including phenoxy) is 1. The quantitative estimate of drug-likeness (QED) is 0.728. The molecule has 1 aromatic rings. The van der Waals surface area contributed by atoms with Crippen LogP contribution in [0.1, 0.15) is 31.4 Å². The molecule has 86 valence electrons. The highest BCUT2D eigenvalue weighted by Crippen LogP contribution is 2.36. The summed E-state index contributed by atoms with van der Waals surface area (Å²) < 4.78 is 5.92. The average molecular weight is 219 g/mol. The Morgan fingerprint density at radius 3 is 2.69 bits per heavy atom. The van der Waals surface area contributed by atoms with Crippen molar-refractivity contribution in [1.82, 2.24) is 0 Å². The van der Waals surface area contributed by atoms with Crippen LogP contribution in [0.3, 0.4) is 0 Å². The maximum Gasteiger partial charge on any atom is 0.228 e. The fourth-order valence-electron chi connectivity index (χ4n) is 2.08.